The minimum atomic E-state index is -0.353. The van der Waals surface area contributed by atoms with Gasteiger partial charge < -0.3 is 14.7 Å². The van der Waals surface area contributed by atoms with Crippen LogP contribution in [-0.4, -0.2) is 41.2 Å². The van der Waals surface area contributed by atoms with Crippen molar-refractivity contribution in [2.24, 2.45) is 0 Å². The molecule has 0 saturated carbocycles. The van der Waals surface area contributed by atoms with Gasteiger partial charge in [0.1, 0.15) is 5.75 Å². The molecule has 1 aromatic rings. The summed E-state index contributed by atoms with van der Waals surface area (Å²) in [5.74, 6) is 0.990. The Morgan fingerprint density at radius 1 is 1.43 bits per heavy atom. The summed E-state index contributed by atoms with van der Waals surface area (Å²) in [7, 11) is 0. The van der Waals surface area contributed by atoms with Crippen LogP contribution in [0.2, 0.25) is 0 Å². The molecule has 0 aromatic heterocycles. The molecule has 1 aliphatic heterocycles. The normalized spacial score (nSPS) is 19.6. The molecule has 1 N–H and O–H groups in total. The Bertz CT molecular complexity index is 456. The van der Waals surface area contributed by atoms with E-state index in [1.54, 1.807) is 6.92 Å². The molecule has 21 heavy (non-hydrogen) atoms. The number of benzene rings is 1. The van der Waals surface area contributed by atoms with Gasteiger partial charge in [0.15, 0.2) is 0 Å². The van der Waals surface area contributed by atoms with E-state index < -0.39 is 0 Å². The molecule has 0 spiro atoms. The predicted molar refractivity (Wildman–Crippen MR) is 82.3 cm³/mol. The molecule has 1 amide bonds. The average Bonchev–Trinajstić information content (AvgIpc) is 2.88. The van der Waals surface area contributed by atoms with Crippen molar-refractivity contribution in [2.75, 3.05) is 13.2 Å². The molecule has 1 aromatic carbocycles. The van der Waals surface area contributed by atoms with Crippen molar-refractivity contribution >= 4 is 5.91 Å². The second-order valence-electron chi connectivity index (χ2n) is 5.72. The zero-order valence-electron chi connectivity index (χ0n) is 12.9. The summed E-state index contributed by atoms with van der Waals surface area (Å²) in [5, 5.41) is 9.53. The van der Waals surface area contributed by atoms with Gasteiger partial charge in [-0.05, 0) is 50.8 Å². The number of aliphatic hydroxyl groups is 1. The van der Waals surface area contributed by atoms with E-state index in [9.17, 15) is 9.90 Å². The first-order valence-corrected chi connectivity index (χ1v) is 7.79. The third-order valence-electron chi connectivity index (χ3n) is 3.90. The Morgan fingerprint density at radius 2 is 2.14 bits per heavy atom. The minimum Gasteiger partial charge on any atom is -0.494 e. The first kappa shape index (κ1) is 15.8. The molecule has 4 nitrogen and oxygen atoms in total. The fourth-order valence-corrected chi connectivity index (χ4v) is 2.95. The Hall–Kier alpha value is -1.55. The second-order valence-corrected chi connectivity index (χ2v) is 5.72. The zero-order chi connectivity index (χ0) is 15.2. The highest BCUT2D eigenvalue weighted by molar-refractivity contribution is 5.79. The van der Waals surface area contributed by atoms with Crippen LogP contribution in [0.4, 0.5) is 0 Å². The van der Waals surface area contributed by atoms with Gasteiger partial charge >= 0.3 is 0 Å². The Morgan fingerprint density at radius 3 is 2.76 bits per heavy atom. The van der Waals surface area contributed by atoms with Gasteiger partial charge in [0, 0.05) is 12.6 Å². The van der Waals surface area contributed by atoms with Crippen LogP contribution in [0, 0.1) is 0 Å². The number of ether oxygens (including phenoxy) is 1. The van der Waals surface area contributed by atoms with E-state index in [0.717, 1.165) is 30.7 Å². The van der Waals surface area contributed by atoms with Crippen LogP contribution in [-0.2, 0) is 11.2 Å². The van der Waals surface area contributed by atoms with Gasteiger partial charge in [-0.15, -0.1) is 0 Å². The maximum atomic E-state index is 12.4. The number of amides is 1. The number of nitrogens with zero attached hydrogens (tertiary/aromatic N) is 1. The van der Waals surface area contributed by atoms with Gasteiger partial charge in [-0.1, -0.05) is 12.1 Å². The summed E-state index contributed by atoms with van der Waals surface area (Å²) in [6.07, 6.45) is 2.78. The zero-order valence-corrected chi connectivity index (χ0v) is 12.9. The predicted octanol–water partition coefficient (Wildman–Crippen LogP) is 2.39. The lowest BCUT2D eigenvalue weighted by Gasteiger charge is -2.25. The van der Waals surface area contributed by atoms with Crippen LogP contribution in [0.1, 0.15) is 38.7 Å². The highest BCUT2D eigenvalue weighted by atomic mass is 16.5. The van der Waals surface area contributed by atoms with Crippen molar-refractivity contribution in [3.63, 3.8) is 0 Å². The van der Waals surface area contributed by atoms with Gasteiger partial charge in [-0.3, -0.25) is 4.79 Å². The second kappa shape index (κ2) is 7.46. The quantitative estimate of drug-likeness (QED) is 0.875. The smallest absolute Gasteiger partial charge is 0.227 e. The molecule has 1 aliphatic rings. The van der Waals surface area contributed by atoms with E-state index >= 15 is 0 Å². The van der Waals surface area contributed by atoms with E-state index in [0.29, 0.717) is 19.4 Å². The summed E-state index contributed by atoms with van der Waals surface area (Å²) < 4.78 is 5.40. The number of likely N-dealkylation sites (tertiary alicyclic amines) is 1. The Labute approximate surface area is 126 Å². The van der Waals surface area contributed by atoms with Crippen molar-refractivity contribution in [3.8, 4) is 5.75 Å². The SMILES string of the molecule is CCOc1ccc(CC(=O)N2CCCC2CC(C)O)cc1. The fourth-order valence-electron chi connectivity index (χ4n) is 2.95. The number of hydrogen-bond donors (Lipinski definition) is 1. The number of aliphatic hydroxyl groups excluding tert-OH is 1. The molecular formula is C17H25NO3. The molecular weight excluding hydrogens is 266 g/mol. The molecule has 2 unspecified atom stereocenters. The fraction of sp³-hybridized carbons (Fsp3) is 0.588. The minimum absolute atomic E-state index is 0.155. The molecule has 1 heterocycles. The standard InChI is InChI=1S/C17H25NO3/c1-3-21-16-8-6-14(7-9-16)12-17(20)18-10-4-5-15(18)11-13(2)19/h6-9,13,15,19H,3-5,10-12H2,1-2H3. The van der Waals surface area contributed by atoms with E-state index in [4.69, 9.17) is 4.74 Å². The van der Waals surface area contributed by atoms with E-state index in [1.807, 2.05) is 36.1 Å². The van der Waals surface area contributed by atoms with Gasteiger partial charge in [0.05, 0.1) is 19.1 Å². The summed E-state index contributed by atoms with van der Waals surface area (Å²) in [4.78, 5) is 14.4. The third-order valence-corrected chi connectivity index (χ3v) is 3.90. The van der Waals surface area contributed by atoms with Crippen molar-refractivity contribution < 1.29 is 14.6 Å². The Balaban J connectivity index is 1.93. The summed E-state index contributed by atoms with van der Waals surface area (Å²) in [6.45, 7) is 5.20. The molecule has 0 radical (unpaired) electrons. The lowest BCUT2D eigenvalue weighted by Crippen LogP contribution is -2.38. The first-order chi connectivity index (χ1) is 10.1. The highest BCUT2D eigenvalue weighted by Gasteiger charge is 2.29. The largest absolute Gasteiger partial charge is 0.494 e. The lowest BCUT2D eigenvalue weighted by atomic mass is 10.1. The van der Waals surface area contributed by atoms with Crippen LogP contribution >= 0.6 is 0 Å². The topological polar surface area (TPSA) is 49.8 Å². The number of carbonyl (C=O) groups is 1. The molecule has 1 saturated heterocycles. The average molecular weight is 291 g/mol. The molecule has 116 valence electrons. The van der Waals surface area contributed by atoms with Crippen molar-refractivity contribution in [1.29, 1.82) is 0 Å². The van der Waals surface area contributed by atoms with Gasteiger partial charge in [0.2, 0.25) is 5.91 Å². The molecule has 0 aliphatic carbocycles. The molecule has 1 fully saturated rings. The Kier molecular flexibility index (Phi) is 5.62. The van der Waals surface area contributed by atoms with E-state index in [1.165, 1.54) is 0 Å². The van der Waals surface area contributed by atoms with Crippen LogP contribution < -0.4 is 4.74 Å². The molecule has 2 atom stereocenters. The first-order valence-electron chi connectivity index (χ1n) is 7.79. The summed E-state index contributed by atoms with van der Waals surface area (Å²) in [5.41, 5.74) is 1.01. The third kappa shape index (κ3) is 4.46. The number of carbonyl (C=O) groups excluding carboxylic acids is 1. The summed E-state index contributed by atoms with van der Waals surface area (Å²) in [6, 6.07) is 7.90. The maximum Gasteiger partial charge on any atom is 0.227 e. The molecule has 0 bridgehead atoms. The number of hydrogen-bond acceptors (Lipinski definition) is 3. The van der Waals surface area contributed by atoms with Crippen LogP contribution in [0.3, 0.4) is 0 Å². The van der Waals surface area contributed by atoms with Crippen molar-refractivity contribution in [3.05, 3.63) is 29.8 Å². The monoisotopic (exact) mass is 291 g/mol. The highest BCUT2D eigenvalue weighted by Crippen LogP contribution is 2.23. The van der Waals surface area contributed by atoms with Crippen LogP contribution in [0.25, 0.3) is 0 Å². The van der Waals surface area contributed by atoms with Crippen LogP contribution in [0.5, 0.6) is 5.75 Å². The van der Waals surface area contributed by atoms with Crippen molar-refractivity contribution in [1.82, 2.24) is 4.90 Å². The molecule has 2 rings (SSSR count). The van der Waals surface area contributed by atoms with Gasteiger partial charge in [-0.2, -0.15) is 0 Å². The van der Waals surface area contributed by atoms with Gasteiger partial charge in [-0.25, -0.2) is 0 Å². The number of rotatable bonds is 6. The van der Waals surface area contributed by atoms with E-state index in [2.05, 4.69) is 0 Å². The molecule has 4 heteroatoms. The van der Waals surface area contributed by atoms with E-state index in [-0.39, 0.29) is 18.1 Å². The summed E-state index contributed by atoms with van der Waals surface area (Å²) >= 11 is 0. The van der Waals surface area contributed by atoms with Crippen molar-refractivity contribution in [2.45, 2.75) is 51.7 Å². The maximum absolute atomic E-state index is 12.4. The lowest BCUT2D eigenvalue weighted by molar-refractivity contribution is -0.131. The van der Waals surface area contributed by atoms with Crippen LogP contribution in [0.15, 0.2) is 24.3 Å². The van der Waals surface area contributed by atoms with Gasteiger partial charge in [0.25, 0.3) is 0 Å².